The van der Waals surface area contributed by atoms with Gasteiger partial charge in [-0.2, -0.15) is 0 Å². The molecule has 0 radical (unpaired) electrons. The van der Waals surface area contributed by atoms with E-state index in [2.05, 4.69) is 42.7 Å². The molecule has 1 rings (SSSR count). The first-order valence-corrected chi connectivity index (χ1v) is 5.92. The third-order valence-electron chi connectivity index (χ3n) is 2.67. The Morgan fingerprint density at radius 3 is 2.69 bits per heavy atom. The van der Waals surface area contributed by atoms with E-state index in [1.54, 1.807) is 0 Å². The Labute approximate surface area is 98.2 Å². The number of hydrazine groups is 1. The average Bonchev–Trinajstić information content (AvgIpc) is 2.62. The van der Waals surface area contributed by atoms with Crippen molar-refractivity contribution >= 4 is 0 Å². The third kappa shape index (κ3) is 3.94. The van der Waals surface area contributed by atoms with Gasteiger partial charge in [-0.15, -0.1) is 0 Å². The monoisotopic (exact) mass is 224 g/mol. The number of nitrogens with one attached hydrogen (secondary N) is 1. The summed E-state index contributed by atoms with van der Waals surface area (Å²) in [4.78, 5) is 4.37. The molecule has 4 heteroatoms. The summed E-state index contributed by atoms with van der Waals surface area (Å²) in [5.41, 5.74) is 3.17. The Hall–Kier alpha value is -0.870. The summed E-state index contributed by atoms with van der Waals surface area (Å²) in [6.07, 6.45) is 5.79. The summed E-state index contributed by atoms with van der Waals surface area (Å²) in [6, 6.07) is 0.285. The Morgan fingerprint density at radius 1 is 1.50 bits per heavy atom. The number of rotatable bonds is 5. The van der Waals surface area contributed by atoms with Crippen molar-refractivity contribution in [2.45, 2.75) is 53.1 Å². The van der Waals surface area contributed by atoms with E-state index >= 15 is 0 Å². The lowest BCUT2D eigenvalue weighted by Crippen LogP contribution is -2.40. The standard InChI is InChI=1S/C12H24N4/c1-5-16-7-6-14-11(16)8-10(15-13)9-12(2,3)4/h6-7,10,15H,5,8-9,13H2,1-4H3. The SMILES string of the molecule is CCn1ccnc1CC(CC(C)(C)C)NN. The molecule has 92 valence electrons. The molecule has 0 bridgehead atoms. The second-order valence-electron chi connectivity index (χ2n) is 5.46. The van der Waals surface area contributed by atoms with Crippen LogP contribution in [0.3, 0.4) is 0 Å². The third-order valence-corrected chi connectivity index (χ3v) is 2.67. The molecule has 0 aliphatic heterocycles. The molecule has 0 saturated carbocycles. The van der Waals surface area contributed by atoms with Crippen molar-refractivity contribution < 1.29 is 0 Å². The number of nitrogens with zero attached hydrogens (tertiary/aromatic N) is 2. The Balaban J connectivity index is 2.63. The molecule has 0 saturated heterocycles. The number of aromatic nitrogens is 2. The fourth-order valence-corrected chi connectivity index (χ4v) is 1.97. The zero-order chi connectivity index (χ0) is 12.2. The molecular weight excluding hydrogens is 200 g/mol. The van der Waals surface area contributed by atoms with Gasteiger partial charge >= 0.3 is 0 Å². The molecule has 0 amide bonds. The molecule has 1 aromatic rings. The largest absolute Gasteiger partial charge is 0.335 e. The number of nitrogens with two attached hydrogens (primary N) is 1. The number of hydrogen-bond donors (Lipinski definition) is 2. The molecule has 1 heterocycles. The van der Waals surface area contributed by atoms with Gasteiger partial charge in [-0.25, -0.2) is 4.98 Å². The van der Waals surface area contributed by atoms with Crippen LogP contribution >= 0.6 is 0 Å². The Morgan fingerprint density at radius 2 is 2.19 bits per heavy atom. The van der Waals surface area contributed by atoms with E-state index < -0.39 is 0 Å². The maximum absolute atomic E-state index is 5.60. The molecule has 16 heavy (non-hydrogen) atoms. The van der Waals surface area contributed by atoms with Crippen molar-refractivity contribution in [3.8, 4) is 0 Å². The first-order valence-electron chi connectivity index (χ1n) is 5.92. The van der Waals surface area contributed by atoms with Crippen molar-refractivity contribution in [3.05, 3.63) is 18.2 Å². The maximum Gasteiger partial charge on any atom is 0.110 e. The molecule has 1 atom stereocenters. The minimum absolute atomic E-state index is 0.278. The van der Waals surface area contributed by atoms with E-state index in [4.69, 9.17) is 5.84 Å². The highest BCUT2D eigenvalue weighted by atomic mass is 15.2. The minimum atomic E-state index is 0.278. The van der Waals surface area contributed by atoms with Crippen LogP contribution in [0.5, 0.6) is 0 Å². The molecule has 1 aromatic heterocycles. The fraction of sp³-hybridized carbons (Fsp3) is 0.750. The minimum Gasteiger partial charge on any atom is -0.335 e. The molecule has 1 unspecified atom stereocenters. The molecule has 0 aliphatic carbocycles. The first kappa shape index (κ1) is 13.2. The Bertz CT molecular complexity index is 311. The Kier molecular flexibility index (Phi) is 4.50. The predicted octanol–water partition coefficient (Wildman–Crippen LogP) is 1.71. The van der Waals surface area contributed by atoms with Gasteiger partial charge < -0.3 is 4.57 Å². The highest BCUT2D eigenvalue weighted by Crippen LogP contribution is 2.21. The van der Waals surface area contributed by atoms with Gasteiger partial charge in [0.05, 0.1) is 0 Å². The first-order chi connectivity index (χ1) is 7.46. The van der Waals surface area contributed by atoms with Gasteiger partial charge in [0.25, 0.3) is 0 Å². The van der Waals surface area contributed by atoms with E-state index in [0.29, 0.717) is 0 Å². The van der Waals surface area contributed by atoms with Gasteiger partial charge in [-0.1, -0.05) is 20.8 Å². The summed E-state index contributed by atoms with van der Waals surface area (Å²) in [6.45, 7) is 9.76. The van der Waals surface area contributed by atoms with E-state index in [-0.39, 0.29) is 11.5 Å². The molecular formula is C12H24N4. The van der Waals surface area contributed by atoms with Gasteiger partial charge in [0.15, 0.2) is 0 Å². The van der Waals surface area contributed by atoms with Crippen LogP contribution in [-0.4, -0.2) is 15.6 Å². The van der Waals surface area contributed by atoms with Crippen LogP contribution in [-0.2, 0) is 13.0 Å². The lowest BCUT2D eigenvalue weighted by Gasteiger charge is -2.25. The van der Waals surface area contributed by atoms with Crippen molar-refractivity contribution in [3.63, 3.8) is 0 Å². The summed E-state index contributed by atoms with van der Waals surface area (Å²) in [5.74, 6) is 6.71. The average molecular weight is 224 g/mol. The van der Waals surface area contributed by atoms with Crippen LogP contribution in [0.4, 0.5) is 0 Å². The van der Waals surface area contributed by atoms with Crippen LogP contribution in [0.2, 0.25) is 0 Å². The van der Waals surface area contributed by atoms with Crippen molar-refractivity contribution in [2.24, 2.45) is 11.3 Å². The van der Waals surface area contributed by atoms with E-state index in [0.717, 1.165) is 25.2 Å². The van der Waals surface area contributed by atoms with Crippen LogP contribution in [0.15, 0.2) is 12.4 Å². The highest BCUT2D eigenvalue weighted by molar-refractivity contribution is 4.95. The van der Waals surface area contributed by atoms with Crippen LogP contribution < -0.4 is 11.3 Å². The van der Waals surface area contributed by atoms with Gasteiger partial charge in [0, 0.05) is 31.4 Å². The van der Waals surface area contributed by atoms with Crippen LogP contribution in [0.25, 0.3) is 0 Å². The summed E-state index contributed by atoms with van der Waals surface area (Å²) >= 11 is 0. The summed E-state index contributed by atoms with van der Waals surface area (Å²) in [5, 5.41) is 0. The van der Waals surface area contributed by atoms with E-state index in [1.807, 2.05) is 12.4 Å². The smallest absolute Gasteiger partial charge is 0.110 e. The van der Waals surface area contributed by atoms with Crippen molar-refractivity contribution in [1.82, 2.24) is 15.0 Å². The van der Waals surface area contributed by atoms with Gasteiger partial charge in [0.1, 0.15) is 5.82 Å². The summed E-state index contributed by atoms with van der Waals surface area (Å²) < 4.78 is 2.16. The number of imidazole rings is 1. The van der Waals surface area contributed by atoms with Crippen molar-refractivity contribution in [2.75, 3.05) is 0 Å². The lowest BCUT2D eigenvalue weighted by molar-refractivity contribution is 0.304. The van der Waals surface area contributed by atoms with Crippen LogP contribution in [0, 0.1) is 5.41 Å². The zero-order valence-electron chi connectivity index (χ0n) is 10.8. The van der Waals surface area contributed by atoms with E-state index in [9.17, 15) is 0 Å². The lowest BCUT2D eigenvalue weighted by atomic mass is 9.87. The number of hydrogen-bond acceptors (Lipinski definition) is 3. The quantitative estimate of drug-likeness (QED) is 0.591. The zero-order valence-corrected chi connectivity index (χ0v) is 10.8. The van der Waals surface area contributed by atoms with Crippen molar-refractivity contribution in [1.29, 1.82) is 0 Å². The van der Waals surface area contributed by atoms with E-state index in [1.165, 1.54) is 0 Å². The molecule has 0 aliphatic rings. The van der Waals surface area contributed by atoms with Gasteiger partial charge in [-0.3, -0.25) is 11.3 Å². The van der Waals surface area contributed by atoms with Gasteiger partial charge in [-0.05, 0) is 18.8 Å². The molecule has 4 nitrogen and oxygen atoms in total. The summed E-state index contributed by atoms with van der Waals surface area (Å²) in [7, 11) is 0. The molecule has 0 aromatic carbocycles. The molecule has 3 N–H and O–H groups in total. The predicted molar refractivity (Wildman–Crippen MR) is 66.8 cm³/mol. The molecule has 0 spiro atoms. The molecule has 0 fully saturated rings. The second kappa shape index (κ2) is 5.46. The highest BCUT2D eigenvalue weighted by Gasteiger charge is 2.19. The van der Waals surface area contributed by atoms with Gasteiger partial charge in [0.2, 0.25) is 0 Å². The topological polar surface area (TPSA) is 55.9 Å². The second-order valence-corrected chi connectivity index (χ2v) is 5.46. The van der Waals surface area contributed by atoms with Crippen LogP contribution in [0.1, 0.15) is 39.9 Å². The fourth-order valence-electron chi connectivity index (χ4n) is 1.97. The maximum atomic E-state index is 5.60. The number of aryl methyl sites for hydroxylation is 1. The normalized spacial score (nSPS) is 14.1.